The van der Waals surface area contributed by atoms with Gasteiger partial charge in [0.05, 0.1) is 0 Å². The second kappa shape index (κ2) is 11.0. The molecule has 0 unspecified atom stereocenters. The molecule has 14 heavy (non-hydrogen) atoms. The maximum absolute atomic E-state index is 5.34. The fourth-order valence-corrected chi connectivity index (χ4v) is 1.06. The van der Waals surface area contributed by atoms with Gasteiger partial charge in [0.25, 0.3) is 0 Å². The van der Waals surface area contributed by atoms with E-state index in [-0.39, 0.29) is 85.8 Å². The Balaban J connectivity index is -0.000000302. The molecule has 1 radical (unpaired) electrons. The first kappa shape index (κ1) is 20.8. The molecule has 0 amide bonds. The number of rotatable bonds is 0. The number of hydrogen-bond donors (Lipinski definition) is 0. The Bertz CT molecular complexity index is 283. The van der Waals surface area contributed by atoms with Crippen molar-refractivity contribution in [3.63, 3.8) is 0 Å². The van der Waals surface area contributed by atoms with Crippen LogP contribution in [0.4, 0.5) is 0 Å². The van der Waals surface area contributed by atoms with E-state index < -0.39 is 0 Å². The summed E-state index contributed by atoms with van der Waals surface area (Å²) >= 11 is 0. The molecule has 1 nitrogen and oxygen atoms in total. The molecule has 1 aliphatic heterocycles. The van der Waals surface area contributed by atoms with E-state index in [1.54, 1.807) is 0 Å². The summed E-state index contributed by atoms with van der Waals surface area (Å²) in [7, 11) is 0. The van der Waals surface area contributed by atoms with Crippen molar-refractivity contribution in [1.29, 1.82) is 0 Å². The summed E-state index contributed by atoms with van der Waals surface area (Å²) in [5, 5.41) is 0. The van der Waals surface area contributed by atoms with E-state index >= 15 is 0 Å². The molecule has 1 heterocycles. The normalized spacial score (nSPS) is 10.0. The summed E-state index contributed by atoms with van der Waals surface area (Å²) in [4.78, 5) is 0. The smallest absolute Gasteiger partial charge is 0.126 e. The number of benzene rings is 1. The molecular weight excluding hydrogens is 521 g/mol. The van der Waals surface area contributed by atoms with Crippen LogP contribution in [-0.2, 0) is 74.8 Å². The Morgan fingerprint density at radius 2 is 1.79 bits per heavy atom. The summed E-state index contributed by atoms with van der Waals surface area (Å²) in [6, 6.07) is 8.03. The van der Waals surface area contributed by atoms with Crippen LogP contribution in [0.1, 0.15) is 5.56 Å². The van der Waals surface area contributed by atoms with Crippen LogP contribution in [0.15, 0.2) is 30.3 Å². The summed E-state index contributed by atoms with van der Waals surface area (Å²) in [6.07, 6.45) is 4.10. The van der Waals surface area contributed by atoms with Gasteiger partial charge < -0.3 is 4.74 Å². The summed E-state index contributed by atoms with van der Waals surface area (Å²) in [5.41, 5.74) is 1.17. The first-order valence-electron chi connectivity index (χ1n) is 3.35. The van der Waals surface area contributed by atoms with Crippen molar-refractivity contribution in [3.05, 3.63) is 35.9 Å². The predicted octanol–water partition coefficient (Wildman–Crippen LogP) is 0.633. The van der Waals surface area contributed by atoms with Crippen LogP contribution >= 0.6 is 0 Å². The van der Waals surface area contributed by atoms with Gasteiger partial charge in [-0.05, 0) is 23.1 Å². The van der Waals surface area contributed by atoms with Crippen LogP contribution in [0.25, 0.3) is 6.08 Å². The van der Waals surface area contributed by atoms with Crippen LogP contribution in [0, 0.1) is 0 Å². The SMILES string of the molecule is C1=Cc2ccccc2OC1.[Mo].[SiH4].[W].[Y]. The molecule has 1 aromatic rings. The van der Waals surface area contributed by atoms with E-state index in [0.717, 1.165) is 5.75 Å². The molecular formula is C9H12MoOSiWY. The molecule has 1 aliphatic rings. The van der Waals surface area contributed by atoms with Gasteiger partial charge in [-0.3, -0.25) is 0 Å². The molecule has 0 fully saturated rings. The first-order chi connectivity index (χ1) is 4.97. The van der Waals surface area contributed by atoms with Gasteiger partial charge in [-0.1, -0.05) is 24.3 Å². The average molecular weight is 533 g/mol. The fourth-order valence-electron chi connectivity index (χ4n) is 1.06. The topological polar surface area (TPSA) is 9.23 Å². The van der Waals surface area contributed by atoms with Gasteiger partial charge >= 0.3 is 0 Å². The minimum atomic E-state index is 0. The third-order valence-corrected chi connectivity index (χ3v) is 1.55. The van der Waals surface area contributed by atoms with Gasteiger partial charge in [0.2, 0.25) is 0 Å². The zero-order valence-electron chi connectivity index (χ0n) is 6.97. The van der Waals surface area contributed by atoms with Crippen molar-refractivity contribution >= 4 is 17.0 Å². The van der Waals surface area contributed by atoms with Crippen molar-refractivity contribution in [2.75, 3.05) is 6.61 Å². The number of para-hydroxylation sites is 1. The minimum absolute atomic E-state index is 0. The molecule has 0 bridgehead atoms. The zero-order valence-corrected chi connectivity index (χ0v) is 14.8. The Kier molecular flexibility index (Phi) is 16.3. The molecule has 73 valence electrons. The molecule has 0 atom stereocenters. The van der Waals surface area contributed by atoms with Crippen LogP contribution in [0.5, 0.6) is 5.75 Å². The molecule has 0 saturated carbocycles. The van der Waals surface area contributed by atoms with E-state index in [1.165, 1.54) is 5.56 Å². The second-order valence-corrected chi connectivity index (χ2v) is 2.25. The van der Waals surface area contributed by atoms with Gasteiger partial charge in [-0.2, -0.15) is 0 Å². The standard InChI is InChI=1S/C9H8O.Mo.H4Si.W.Y/c1-2-6-9-8(4-1)5-3-7-10-9;;;;/h1-6H,7H2;;1H4;;. The maximum atomic E-state index is 5.34. The van der Waals surface area contributed by atoms with Crippen molar-refractivity contribution < 1.29 is 79.6 Å². The van der Waals surface area contributed by atoms with Crippen LogP contribution in [0.3, 0.4) is 0 Å². The average Bonchev–Trinajstić information content (AvgIpc) is 2.05. The number of fused-ring (bicyclic) bond motifs is 1. The quantitative estimate of drug-likeness (QED) is 0.446. The molecule has 0 N–H and O–H groups in total. The monoisotopic (exact) mass is 535 g/mol. The van der Waals surface area contributed by atoms with Crippen molar-refractivity contribution in [1.82, 2.24) is 0 Å². The van der Waals surface area contributed by atoms with Crippen molar-refractivity contribution in [2.45, 2.75) is 0 Å². The summed E-state index contributed by atoms with van der Waals surface area (Å²) in [6.45, 7) is 0.705. The molecule has 0 spiro atoms. The number of hydrogen-bond acceptors (Lipinski definition) is 1. The van der Waals surface area contributed by atoms with Gasteiger partial charge in [0, 0.05) is 80.4 Å². The van der Waals surface area contributed by atoms with E-state index in [1.807, 2.05) is 30.3 Å². The van der Waals surface area contributed by atoms with Gasteiger partial charge in [-0.25, -0.2) is 0 Å². The molecule has 0 aromatic heterocycles. The predicted molar refractivity (Wildman–Crippen MR) is 52.3 cm³/mol. The molecule has 0 aliphatic carbocycles. The Morgan fingerprint density at radius 3 is 2.43 bits per heavy atom. The fraction of sp³-hybridized carbons (Fsp3) is 0.111. The Labute approximate surface area is 143 Å². The molecule has 2 rings (SSSR count). The third-order valence-electron chi connectivity index (χ3n) is 1.55. The second-order valence-electron chi connectivity index (χ2n) is 2.25. The largest absolute Gasteiger partial charge is 0.489 e. The van der Waals surface area contributed by atoms with E-state index in [9.17, 15) is 0 Å². The van der Waals surface area contributed by atoms with Gasteiger partial charge in [-0.15, -0.1) is 0 Å². The van der Waals surface area contributed by atoms with Crippen LogP contribution < -0.4 is 4.74 Å². The Morgan fingerprint density at radius 1 is 1.14 bits per heavy atom. The summed E-state index contributed by atoms with van der Waals surface area (Å²) in [5.74, 6) is 0.991. The van der Waals surface area contributed by atoms with Gasteiger partial charge in [0.1, 0.15) is 12.4 Å². The maximum Gasteiger partial charge on any atom is 0.126 e. The van der Waals surface area contributed by atoms with Gasteiger partial charge in [0.15, 0.2) is 0 Å². The first-order valence-corrected chi connectivity index (χ1v) is 3.35. The minimum Gasteiger partial charge on any atom is -0.489 e. The molecule has 1 aromatic carbocycles. The molecule has 5 heteroatoms. The Hall–Kier alpha value is 1.46. The molecule has 0 saturated heterocycles. The number of ether oxygens (including phenoxy) is 1. The van der Waals surface area contributed by atoms with E-state index in [0.29, 0.717) is 6.61 Å². The van der Waals surface area contributed by atoms with Crippen molar-refractivity contribution in [3.8, 4) is 5.75 Å². The van der Waals surface area contributed by atoms with Crippen molar-refractivity contribution in [2.24, 2.45) is 0 Å². The van der Waals surface area contributed by atoms with E-state index in [4.69, 9.17) is 4.74 Å². The zero-order chi connectivity index (χ0) is 6.81. The van der Waals surface area contributed by atoms with Crippen LogP contribution in [0.2, 0.25) is 0 Å². The third kappa shape index (κ3) is 5.52. The van der Waals surface area contributed by atoms with Crippen LogP contribution in [-0.4, -0.2) is 17.6 Å². The summed E-state index contributed by atoms with van der Waals surface area (Å²) < 4.78 is 5.34. The van der Waals surface area contributed by atoms with E-state index in [2.05, 4.69) is 6.08 Å².